The molecule has 0 aliphatic heterocycles. The van der Waals surface area contributed by atoms with Gasteiger partial charge in [-0.05, 0) is 17.7 Å². The second-order valence-corrected chi connectivity index (χ2v) is 7.53. The number of ether oxygens (including phenoxy) is 2. The highest BCUT2D eigenvalue weighted by molar-refractivity contribution is 5.77. The number of carbonyl (C=O) groups is 1. The van der Waals surface area contributed by atoms with Crippen LogP contribution in [0.25, 0.3) is 11.0 Å². The smallest absolute Gasteiger partial charge is 0.269 e. The fourth-order valence-electron chi connectivity index (χ4n) is 3.43. The van der Waals surface area contributed by atoms with E-state index in [1.54, 1.807) is 43.5 Å². The Hall–Kier alpha value is -4.74. The zero-order valence-corrected chi connectivity index (χ0v) is 18.8. The monoisotopic (exact) mass is 478 g/mol. The van der Waals surface area contributed by atoms with E-state index in [1.165, 1.54) is 33.9 Å². The highest BCUT2D eigenvalue weighted by Gasteiger charge is 2.12. The lowest BCUT2D eigenvalue weighted by atomic mass is 10.2. The highest BCUT2D eigenvalue weighted by Crippen LogP contribution is 2.18. The average Bonchev–Trinajstić information content (AvgIpc) is 3.28. The molecule has 0 aliphatic carbocycles. The van der Waals surface area contributed by atoms with Crippen molar-refractivity contribution in [2.75, 3.05) is 20.3 Å². The molecule has 2 aromatic carbocycles. The van der Waals surface area contributed by atoms with Crippen molar-refractivity contribution in [3.63, 3.8) is 0 Å². The van der Waals surface area contributed by atoms with E-state index in [0.29, 0.717) is 34.6 Å². The van der Waals surface area contributed by atoms with Gasteiger partial charge in [-0.3, -0.25) is 24.3 Å². The van der Waals surface area contributed by atoms with Crippen molar-refractivity contribution in [1.29, 1.82) is 0 Å². The van der Waals surface area contributed by atoms with Gasteiger partial charge < -0.3 is 14.8 Å². The maximum Gasteiger partial charge on any atom is 0.269 e. The summed E-state index contributed by atoms with van der Waals surface area (Å²) in [4.78, 5) is 39.8. The minimum atomic E-state index is -0.485. The molecular formula is C23H22N6O6. The van der Waals surface area contributed by atoms with Crippen LogP contribution in [0.15, 0.2) is 65.8 Å². The Balaban J connectivity index is 1.35. The quantitative estimate of drug-likeness (QED) is 0.268. The van der Waals surface area contributed by atoms with Gasteiger partial charge >= 0.3 is 0 Å². The van der Waals surface area contributed by atoms with Crippen molar-refractivity contribution in [3.8, 4) is 11.5 Å². The molecule has 4 aromatic rings. The lowest BCUT2D eigenvalue weighted by Gasteiger charge is -2.09. The van der Waals surface area contributed by atoms with Crippen molar-refractivity contribution >= 4 is 22.6 Å². The predicted molar refractivity (Wildman–Crippen MR) is 125 cm³/mol. The van der Waals surface area contributed by atoms with Crippen LogP contribution in [0, 0.1) is 10.1 Å². The largest absolute Gasteiger partial charge is 0.497 e. The zero-order valence-electron chi connectivity index (χ0n) is 18.8. The minimum Gasteiger partial charge on any atom is -0.497 e. The summed E-state index contributed by atoms with van der Waals surface area (Å²) in [6, 6.07) is 13.0. The Labute approximate surface area is 198 Å². The first-order valence-electron chi connectivity index (χ1n) is 10.6. The van der Waals surface area contributed by atoms with Gasteiger partial charge in [-0.15, -0.1) is 0 Å². The van der Waals surface area contributed by atoms with Crippen molar-refractivity contribution in [3.05, 3.63) is 87.1 Å². The number of rotatable bonds is 10. The second-order valence-electron chi connectivity index (χ2n) is 7.53. The first-order chi connectivity index (χ1) is 16.9. The van der Waals surface area contributed by atoms with Crippen LogP contribution in [0.4, 0.5) is 5.69 Å². The maximum atomic E-state index is 12.9. The third-order valence-electron chi connectivity index (χ3n) is 5.15. The number of nitrogens with one attached hydrogen (secondary N) is 1. The molecule has 12 nitrogen and oxygen atoms in total. The molecule has 2 aromatic heterocycles. The molecule has 4 rings (SSSR count). The summed E-state index contributed by atoms with van der Waals surface area (Å²) in [5.74, 6) is 0.838. The summed E-state index contributed by atoms with van der Waals surface area (Å²) in [7, 11) is 1.55. The molecule has 1 N–H and O–H groups in total. The topological polar surface area (TPSA) is 143 Å². The molecule has 0 atom stereocenters. The van der Waals surface area contributed by atoms with E-state index in [4.69, 9.17) is 9.47 Å². The van der Waals surface area contributed by atoms with Crippen LogP contribution < -0.4 is 20.3 Å². The van der Waals surface area contributed by atoms with E-state index in [9.17, 15) is 19.7 Å². The number of hydrogen-bond acceptors (Lipinski definition) is 8. The zero-order chi connectivity index (χ0) is 24.8. The van der Waals surface area contributed by atoms with Crippen molar-refractivity contribution < 1.29 is 19.2 Å². The number of benzene rings is 2. The van der Waals surface area contributed by atoms with Crippen LogP contribution in [0.3, 0.4) is 0 Å². The van der Waals surface area contributed by atoms with E-state index in [0.717, 1.165) is 0 Å². The van der Waals surface area contributed by atoms with Gasteiger partial charge in [0, 0.05) is 24.7 Å². The fraction of sp³-hybridized carbons (Fsp3) is 0.217. The lowest BCUT2D eigenvalue weighted by Crippen LogP contribution is -2.31. The van der Waals surface area contributed by atoms with E-state index in [-0.39, 0.29) is 36.9 Å². The Morgan fingerprint density at radius 3 is 2.77 bits per heavy atom. The Morgan fingerprint density at radius 2 is 1.97 bits per heavy atom. The summed E-state index contributed by atoms with van der Waals surface area (Å²) in [6.45, 7) is 0.539. The number of aromatic nitrogens is 4. The molecule has 1 amide bonds. The first-order valence-corrected chi connectivity index (χ1v) is 10.6. The lowest BCUT2D eigenvalue weighted by molar-refractivity contribution is -0.384. The van der Waals surface area contributed by atoms with Gasteiger partial charge in [0.25, 0.3) is 17.2 Å². The van der Waals surface area contributed by atoms with Crippen molar-refractivity contribution in [2.24, 2.45) is 0 Å². The van der Waals surface area contributed by atoms with E-state index < -0.39 is 4.92 Å². The normalized spacial score (nSPS) is 10.8. The SMILES string of the molecule is COc1cccc(OCC(=O)NCCn2ncc3c(=O)n(Cc4cccc([N+](=O)[O-])c4)cnc32)c1. The number of non-ortho nitro benzene ring substituents is 1. The molecule has 0 fully saturated rings. The Kier molecular flexibility index (Phi) is 7.00. The molecule has 0 radical (unpaired) electrons. The van der Waals surface area contributed by atoms with E-state index in [1.807, 2.05) is 0 Å². The molecule has 2 heterocycles. The second kappa shape index (κ2) is 10.5. The number of nitrogens with zero attached hydrogens (tertiary/aromatic N) is 5. The standard InChI is InChI=1S/C23H22N6O6/c1-34-18-6-3-7-19(11-18)35-14-21(30)24-8-9-28-22-20(12-26-28)23(31)27(15-25-22)13-16-4-2-5-17(10-16)29(32)33/h2-7,10-12,15H,8-9,13-14H2,1H3,(H,24,30). The molecule has 180 valence electrons. The number of methoxy groups -OCH3 is 1. The van der Waals surface area contributed by atoms with Gasteiger partial charge in [-0.25, -0.2) is 9.67 Å². The minimum absolute atomic E-state index is 0.0478. The van der Waals surface area contributed by atoms with Gasteiger partial charge in [0.2, 0.25) is 0 Å². The van der Waals surface area contributed by atoms with E-state index in [2.05, 4.69) is 15.4 Å². The third kappa shape index (κ3) is 5.61. The number of carbonyl (C=O) groups excluding carboxylic acids is 1. The summed E-state index contributed by atoms with van der Waals surface area (Å²) < 4.78 is 13.5. The van der Waals surface area contributed by atoms with Crippen LogP contribution in [0.5, 0.6) is 11.5 Å². The molecule has 0 unspecified atom stereocenters. The number of nitro benzene ring substituents is 1. The van der Waals surface area contributed by atoms with Crippen LogP contribution in [-0.2, 0) is 17.9 Å². The molecule has 0 spiro atoms. The van der Waals surface area contributed by atoms with Crippen molar-refractivity contribution in [2.45, 2.75) is 13.1 Å². The van der Waals surface area contributed by atoms with Gasteiger partial charge in [0.1, 0.15) is 23.2 Å². The van der Waals surface area contributed by atoms with Gasteiger partial charge in [0.05, 0.1) is 31.3 Å². The first kappa shape index (κ1) is 23.4. The molecule has 0 bridgehead atoms. The van der Waals surface area contributed by atoms with Crippen LogP contribution in [0.2, 0.25) is 0 Å². The van der Waals surface area contributed by atoms with Crippen molar-refractivity contribution in [1.82, 2.24) is 24.6 Å². The van der Waals surface area contributed by atoms with Gasteiger partial charge in [-0.1, -0.05) is 18.2 Å². The number of nitro groups is 1. The molecule has 35 heavy (non-hydrogen) atoms. The van der Waals surface area contributed by atoms with Crippen LogP contribution in [-0.4, -0.2) is 50.4 Å². The molecule has 12 heteroatoms. The highest BCUT2D eigenvalue weighted by atomic mass is 16.6. The van der Waals surface area contributed by atoms with Gasteiger partial charge in [0.15, 0.2) is 12.3 Å². The summed E-state index contributed by atoms with van der Waals surface area (Å²) in [5, 5.41) is 18.2. The Morgan fingerprint density at radius 1 is 1.17 bits per heavy atom. The van der Waals surface area contributed by atoms with Gasteiger partial charge in [-0.2, -0.15) is 5.10 Å². The number of fused-ring (bicyclic) bond motifs is 1. The molecule has 0 saturated carbocycles. The summed E-state index contributed by atoms with van der Waals surface area (Å²) >= 11 is 0. The van der Waals surface area contributed by atoms with E-state index >= 15 is 0 Å². The fourth-order valence-corrected chi connectivity index (χ4v) is 3.43. The summed E-state index contributed by atoms with van der Waals surface area (Å²) in [5.41, 5.74) is 0.623. The van der Waals surface area contributed by atoms with Crippen LogP contribution >= 0.6 is 0 Å². The number of hydrogen-bond donors (Lipinski definition) is 1. The number of amides is 1. The maximum absolute atomic E-state index is 12.9. The third-order valence-corrected chi connectivity index (χ3v) is 5.15. The van der Waals surface area contributed by atoms with Crippen LogP contribution in [0.1, 0.15) is 5.56 Å². The predicted octanol–water partition coefficient (Wildman–Crippen LogP) is 1.75. The molecule has 0 saturated heterocycles. The average molecular weight is 478 g/mol. The molecular weight excluding hydrogens is 456 g/mol. The Bertz CT molecular complexity index is 1430. The molecule has 0 aliphatic rings. The summed E-state index contributed by atoms with van der Waals surface area (Å²) in [6.07, 6.45) is 2.80.